The highest BCUT2D eigenvalue weighted by atomic mass is 16.5. The summed E-state index contributed by atoms with van der Waals surface area (Å²) in [5, 5.41) is 0.597. The molecule has 3 aromatic rings. The number of aromatic nitrogens is 2. The second-order valence-corrected chi connectivity index (χ2v) is 5.87. The molecule has 0 unspecified atom stereocenters. The molecule has 0 fully saturated rings. The third-order valence-corrected chi connectivity index (χ3v) is 3.92. The zero-order valence-corrected chi connectivity index (χ0v) is 14.9. The highest BCUT2D eigenvalue weighted by molar-refractivity contribution is 6.07. The highest BCUT2D eigenvalue weighted by Gasteiger charge is 2.25. The van der Waals surface area contributed by atoms with E-state index in [-0.39, 0.29) is 0 Å². The lowest BCUT2D eigenvalue weighted by atomic mass is 10.1. The number of esters is 1. The smallest absolute Gasteiger partial charge is 0.342 e. The first-order chi connectivity index (χ1) is 12.0. The molecule has 6 nitrogen and oxygen atoms in total. The van der Waals surface area contributed by atoms with Crippen LogP contribution in [0, 0.1) is 13.8 Å². The van der Waals surface area contributed by atoms with Gasteiger partial charge in [0.25, 0.3) is 0 Å². The summed E-state index contributed by atoms with van der Waals surface area (Å²) in [5.41, 5.74) is 1.95. The van der Waals surface area contributed by atoms with Crippen LogP contribution >= 0.6 is 0 Å². The van der Waals surface area contributed by atoms with Gasteiger partial charge in [-0.3, -0.25) is 0 Å². The van der Waals surface area contributed by atoms with Crippen LogP contribution < -0.4 is 4.90 Å². The van der Waals surface area contributed by atoms with Crippen LogP contribution in [0.25, 0.3) is 11.1 Å². The molecule has 0 radical (unpaired) electrons. The maximum atomic E-state index is 12.4. The average molecular weight is 339 g/mol. The molecule has 0 amide bonds. The number of carbonyl (C=O) groups excluding carboxylic acids is 1. The van der Waals surface area contributed by atoms with Gasteiger partial charge < -0.3 is 14.1 Å². The molecule has 2 heterocycles. The van der Waals surface area contributed by atoms with E-state index < -0.39 is 5.97 Å². The molecular formula is C19H21N3O3. The van der Waals surface area contributed by atoms with Crippen molar-refractivity contribution < 1.29 is 13.9 Å². The van der Waals surface area contributed by atoms with Crippen LogP contribution in [0.3, 0.4) is 0 Å². The van der Waals surface area contributed by atoms with Crippen LogP contribution in [-0.2, 0) is 11.3 Å². The molecule has 2 aromatic heterocycles. The molecule has 130 valence electrons. The number of aryl methyl sites for hydroxylation is 2. The van der Waals surface area contributed by atoms with Gasteiger partial charge in [0.05, 0.1) is 12.0 Å². The maximum absolute atomic E-state index is 12.4. The summed E-state index contributed by atoms with van der Waals surface area (Å²) in [7, 11) is 1.94. The first-order valence-electron chi connectivity index (χ1n) is 8.21. The van der Waals surface area contributed by atoms with Gasteiger partial charge in [-0.1, -0.05) is 30.3 Å². The van der Waals surface area contributed by atoms with Crippen LogP contribution in [-0.4, -0.2) is 29.6 Å². The lowest BCUT2D eigenvalue weighted by molar-refractivity contribution is 0.0526. The maximum Gasteiger partial charge on any atom is 0.342 e. The minimum absolute atomic E-state index is 0.298. The largest absolute Gasteiger partial charge is 0.462 e. The molecule has 3 rings (SSSR count). The number of anilines is 1. The zero-order valence-electron chi connectivity index (χ0n) is 14.9. The number of rotatable bonds is 5. The van der Waals surface area contributed by atoms with Gasteiger partial charge in [-0.05, 0) is 26.3 Å². The van der Waals surface area contributed by atoms with Crippen LogP contribution in [0.5, 0.6) is 0 Å². The molecule has 25 heavy (non-hydrogen) atoms. The number of benzene rings is 1. The van der Waals surface area contributed by atoms with Crippen molar-refractivity contribution >= 4 is 22.9 Å². The molecule has 0 N–H and O–H groups in total. The van der Waals surface area contributed by atoms with E-state index in [0.29, 0.717) is 47.2 Å². The van der Waals surface area contributed by atoms with Crippen molar-refractivity contribution in [1.29, 1.82) is 0 Å². The van der Waals surface area contributed by atoms with Crippen molar-refractivity contribution in [1.82, 2.24) is 9.97 Å². The molecule has 0 saturated heterocycles. The topological polar surface area (TPSA) is 68.5 Å². The lowest BCUT2D eigenvalue weighted by Gasteiger charge is -2.19. The van der Waals surface area contributed by atoms with Crippen LogP contribution in [0.1, 0.15) is 34.4 Å². The highest BCUT2D eigenvalue weighted by Crippen LogP contribution is 2.32. The predicted molar refractivity (Wildman–Crippen MR) is 95.8 cm³/mol. The Morgan fingerprint density at radius 2 is 1.92 bits per heavy atom. The third kappa shape index (κ3) is 3.33. The Morgan fingerprint density at radius 1 is 1.20 bits per heavy atom. The van der Waals surface area contributed by atoms with E-state index >= 15 is 0 Å². The molecule has 0 aliphatic heterocycles. The second kappa shape index (κ2) is 6.93. The molecule has 6 heteroatoms. The van der Waals surface area contributed by atoms with E-state index in [2.05, 4.69) is 22.1 Å². The van der Waals surface area contributed by atoms with Gasteiger partial charge in [0.1, 0.15) is 23.0 Å². The van der Waals surface area contributed by atoms with Crippen molar-refractivity contribution in [3.05, 3.63) is 53.0 Å². The van der Waals surface area contributed by atoms with Crippen LogP contribution in [0.2, 0.25) is 0 Å². The summed E-state index contributed by atoms with van der Waals surface area (Å²) in [6.45, 7) is 6.27. The fourth-order valence-electron chi connectivity index (χ4n) is 2.85. The summed E-state index contributed by atoms with van der Waals surface area (Å²) >= 11 is 0. The van der Waals surface area contributed by atoms with Gasteiger partial charge in [-0.25, -0.2) is 9.78 Å². The SMILES string of the molecule is CCOC(=O)c1c(C)oc2nc(C)nc(N(C)Cc3ccccc3)c12. The zero-order chi connectivity index (χ0) is 18.0. The summed E-state index contributed by atoms with van der Waals surface area (Å²) in [5.74, 6) is 1.32. The van der Waals surface area contributed by atoms with Gasteiger partial charge >= 0.3 is 5.97 Å². The molecule has 0 saturated carbocycles. The number of furan rings is 1. The van der Waals surface area contributed by atoms with Gasteiger partial charge in [0, 0.05) is 13.6 Å². The van der Waals surface area contributed by atoms with E-state index in [9.17, 15) is 4.79 Å². The Labute approximate surface area is 146 Å². The number of nitrogens with zero attached hydrogens (tertiary/aromatic N) is 3. The number of fused-ring (bicyclic) bond motifs is 1. The standard InChI is InChI=1S/C19H21N3O3/c1-5-24-19(23)15-12(2)25-18-16(15)17(20-13(3)21-18)22(4)11-14-9-7-6-8-10-14/h6-10H,5,11H2,1-4H3. The Hall–Kier alpha value is -2.89. The fourth-order valence-corrected chi connectivity index (χ4v) is 2.85. The summed E-state index contributed by atoms with van der Waals surface area (Å²) < 4.78 is 10.9. The molecule has 0 aliphatic rings. The Morgan fingerprint density at radius 3 is 2.60 bits per heavy atom. The van der Waals surface area contributed by atoms with Crippen molar-refractivity contribution in [2.45, 2.75) is 27.3 Å². The van der Waals surface area contributed by atoms with Gasteiger partial charge in [0.15, 0.2) is 0 Å². The number of hydrogen-bond acceptors (Lipinski definition) is 6. The Balaban J connectivity index is 2.11. The number of ether oxygens (including phenoxy) is 1. The second-order valence-electron chi connectivity index (χ2n) is 5.87. The van der Waals surface area contributed by atoms with E-state index in [4.69, 9.17) is 9.15 Å². The first kappa shape index (κ1) is 17.0. The number of hydrogen-bond donors (Lipinski definition) is 0. The predicted octanol–water partition coefficient (Wildman–Crippen LogP) is 3.65. The Bertz CT molecular complexity index is 903. The quantitative estimate of drug-likeness (QED) is 0.661. The molecule has 0 aliphatic carbocycles. The summed E-state index contributed by atoms with van der Waals surface area (Å²) in [6.07, 6.45) is 0. The van der Waals surface area contributed by atoms with Crippen molar-refractivity contribution in [2.75, 3.05) is 18.6 Å². The molecule has 0 spiro atoms. The van der Waals surface area contributed by atoms with Crippen LogP contribution in [0.15, 0.2) is 34.7 Å². The first-order valence-corrected chi connectivity index (χ1v) is 8.21. The van der Waals surface area contributed by atoms with E-state index in [1.165, 1.54) is 0 Å². The average Bonchev–Trinajstić information content (AvgIpc) is 2.90. The third-order valence-electron chi connectivity index (χ3n) is 3.92. The molecule has 1 aromatic carbocycles. The fraction of sp³-hybridized carbons (Fsp3) is 0.316. The van der Waals surface area contributed by atoms with Crippen molar-refractivity contribution in [3.8, 4) is 0 Å². The number of carbonyl (C=O) groups is 1. The summed E-state index contributed by atoms with van der Waals surface area (Å²) in [4.78, 5) is 23.3. The monoisotopic (exact) mass is 339 g/mol. The van der Waals surface area contributed by atoms with E-state index in [0.717, 1.165) is 5.56 Å². The lowest BCUT2D eigenvalue weighted by Crippen LogP contribution is -2.19. The molecule has 0 atom stereocenters. The molecule has 0 bridgehead atoms. The van der Waals surface area contributed by atoms with Gasteiger partial charge in [-0.2, -0.15) is 4.98 Å². The van der Waals surface area contributed by atoms with Crippen LogP contribution in [0.4, 0.5) is 5.82 Å². The van der Waals surface area contributed by atoms with E-state index in [1.807, 2.05) is 30.1 Å². The Kier molecular flexibility index (Phi) is 4.70. The summed E-state index contributed by atoms with van der Waals surface area (Å²) in [6, 6.07) is 10.1. The van der Waals surface area contributed by atoms with Gasteiger partial charge in [-0.15, -0.1) is 0 Å². The molecular weight excluding hydrogens is 318 g/mol. The minimum Gasteiger partial charge on any atom is -0.462 e. The van der Waals surface area contributed by atoms with Crippen molar-refractivity contribution in [2.24, 2.45) is 0 Å². The normalized spacial score (nSPS) is 10.9. The minimum atomic E-state index is -0.416. The van der Waals surface area contributed by atoms with Gasteiger partial charge in [0.2, 0.25) is 5.71 Å². The van der Waals surface area contributed by atoms with E-state index in [1.54, 1.807) is 20.8 Å². The van der Waals surface area contributed by atoms with Crippen molar-refractivity contribution in [3.63, 3.8) is 0 Å².